The van der Waals surface area contributed by atoms with E-state index in [1.807, 2.05) is 30.3 Å². The molecule has 3 heterocycles. The van der Waals surface area contributed by atoms with Crippen molar-refractivity contribution in [2.75, 3.05) is 25.1 Å². The summed E-state index contributed by atoms with van der Waals surface area (Å²) in [6.45, 7) is 1.72. The maximum absolute atomic E-state index is 12.5. The SMILES string of the molecule is O=C(CC1OCCc2ccccc21)Nc1nc2cc3c(cc2s1)OCCO3. The number of thiazole rings is 1. The monoisotopic (exact) mass is 382 g/mol. The van der Waals surface area contributed by atoms with Crippen molar-refractivity contribution in [1.29, 1.82) is 0 Å². The van der Waals surface area contributed by atoms with Gasteiger partial charge in [0.05, 0.1) is 29.3 Å². The van der Waals surface area contributed by atoms with Crippen LogP contribution in [0.3, 0.4) is 0 Å². The molecule has 2 aromatic carbocycles. The van der Waals surface area contributed by atoms with E-state index in [0.29, 0.717) is 30.7 Å². The minimum Gasteiger partial charge on any atom is -0.486 e. The van der Waals surface area contributed by atoms with E-state index in [4.69, 9.17) is 14.2 Å². The number of nitrogens with one attached hydrogen (secondary N) is 1. The molecular weight excluding hydrogens is 364 g/mol. The minimum atomic E-state index is -0.210. The molecule has 2 aliphatic rings. The standard InChI is InChI=1S/C20H18N2O4S/c23-19(11-15-13-4-2-1-3-12(13)5-6-24-15)22-20-21-14-9-16-17(10-18(14)27-20)26-8-7-25-16/h1-4,9-10,15H,5-8,11H2,(H,21,22,23). The highest BCUT2D eigenvalue weighted by Gasteiger charge is 2.24. The van der Waals surface area contributed by atoms with Crippen molar-refractivity contribution in [1.82, 2.24) is 4.98 Å². The molecule has 0 radical (unpaired) electrons. The molecule has 0 bridgehead atoms. The Hall–Kier alpha value is -2.64. The summed E-state index contributed by atoms with van der Waals surface area (Å²) in [5.74, 6) is 1.32. The molecule has 1 amide bonds. The number of carbonyl (C=O) groups excluding carboxylic acids is 1. The van der Waals surface area contributed by atoms with Crippen LogP contribution in [-0.4, -0.2) is 30.7 Å². The van der Waals surface area contributed by atoms with E-state index >= 15 is 0 Å². The molecule has 1 unspecified atom stereocenters. The molecule has 2 aliphatic heterocycles. The van der Waals surface area contributed by atoms with Gasteiger partial charge in [-0.05, 0) is 17.5 Å². The van der Waals surface area contributed by atoms with Gasteiger partial charge in [0.25, 0.3) is 0 Å². The number of rotatable bonds is 3. The van der Waals surface area contributed by atoms with Crippen LogP contribution >= 0.6 is 11.3 Å². The first-order valence-electron chi connectivity index (χ1n) is 8.96. The van der Waals surface area contributed by atoms with Gasteiger partial charge in [-0.1, -0.05) is 35.6 Å². The van der Waals surface area contributed by atoms with Crippen LogP contribution in [0.1, 0.15) is 23.7 Å². The predicted molar refractivity (Wildman–Crippen MR) is 103 cm³/mol. The Morgan fingerprint density at radius 1 is 1.15 bits per heavy atom. The van der Waals surface area contributed by atoms with Crippen LogP contribution in [0, 0.1) is 0 Å². The third kappa shape index (κ3) is 3.24. The maximum atomic E-state index is 12.5. The van der Waals surface area contributed by atoms with Crippen LogP contribution in [-0.2, 0) is 16.0 Å². The molecule has 5 rings (SSSR count). The average molecular weight is 382 g/mol. The van der Waals surface area contributed by atoms with Crippen LogP contribution in [0.4, 0.5) is 5.13 Å². The molecule has 1 atom stereocenters. The van der Waals surface area contributed by atoms with E-state index in [0.717, 1.165) is 28.0 Å². The number of hydrogen-bond donors (Lipinski definition) is 1. The summed E-state index contributed by atoms with van der Waals surface area (Å²) in [6.07, 6.45) is 0.954. The molecule has 3 aromatic rings. The second-order valence-electron chi connectivity index (χ2n) is 6.54. The number of hydrogen-bond acceptors (Lipinski definition) is 6. The molecule has 6 nitrogen and oxygen atoms in total. The van der Waals surface area contributed by atoms with E-state index < -0.39 is 0 Å². The van der Waals surface area contributed by atoms with E-state index in [1.54, 1.807) is 0 Å². The number of amides is 1. The van der Waals surface area contributed by atoms with Crippen LogP contribution < -0.4 is 14.8 Å². The van der Waals surface area contributed by atoms with Crippen molar-refractivity contribution >= 4 is 32.6 Å². The van der Waals surface area contributed by atoms with Crippen LogP contribution in [0.15, 0.2) is 36.4 Å². The lowest BCUT2D eigenvalue weighted by molar-refractivity contribution is -0.119. The van der Waals surface area contributed by atoms with Crippen LogP contribution in [0.25, 0.3) is 10.2 Å². The van der Waals surface area contributed by atoms with Gasteiger partial charge in [0.2, 0.25) is 5.91 Å². The highest BCUT2D eigenvalue weighted by Crippen LogP contribution is 2.38. The second kappa shape index (κ2) is 6.83. The molecular formula is C20H18N2O4S. The Morgan fingerprint density at radius 3 is 2.85 bits per heavy atom. The fourth-order valence-corrected chi connectivity index (χ4v) is 4.40. The lowest BCUT2D eigenvalue weighted by Crippen LogP contribution is -2.22. The van der Waals surface area contributed by atoms with Gasteiger partial charge in [-0.2, -0.15) is 0 Å². The van der Waals surface area contributed by atoms with Gasteiger partial charge in [0, 0.05) is 12.1 Å². The summed E-state index contributed by atoms with van der Waals surface area (Å²) in [7, 11) is 0. The van der Waals surface area contributed by atoms with Gasteiger partial charge < -0.3 is 19.5 Å². The Bertz CT molecular complexity index is 973. The number of nitrogens with zero attached hydrogens (tertiary/aromatic N) is 1. The first kappa shape index (κ1) is 16.5. The Labute approximate surface area is 160 Å². The van der Waals surface area contributed by atoms with E-state index in [-0.39, 0.29) is 18.4 Å². The summed E-state index contributed by atoms with van der Waals surface area (Å²) in [5, 5.41) is 3.48. The number of anilines is 1. The summed E-state index contributed by atoms with van der Waals surface area (Å²) in [4.78, 5) is 17.1. The van der Waals surface area contributed by atoms with Gasteiger partial charge in [-0.3, -0.25) is 4.79 Å². The highest BCUT2D eigenvalue weighted by molar-refractivity contribution is 7.22. The van der Waals surface area contributed by atoms with Crippen molar-refractivity contribution in [3.8, 4) is 11.5 Å². The van der Waals surface area contributed by atoms with Crippen LogP contribution in [0.5, 0.6) is 11.5 Å². The summed E-state index contributed by atoms with van der Waals surface area (Å²) < 4.78 is 18.0. The highest BCUT2D eigenvalue weighted by atomic mass is 32.1. The van der Waals surface area contributed by atoms with Crippen molar-refractivity contribution in [2.45, 2.75) is 18.9 Å². The summed E-state index contributed by atoms with van der Waals surface area (Å²) >= 11 is 1.43. The van der Waals surface area contributed by atoms with Crippen LogP contribution in [0.2, 0.25) is 0 Å². The molecule has 0 saturated heterocycles. The van der Waals surface area contributed by atoms with Crippen molar-refractivity contribution in [2.24, 2.45) is 0 Å². The average Bonchev–Trinajstić information content (AvgIpc) is 3.07. The maximum Gasteiger partial charge on any atom is 0.229 e. The van der Waals surface area contributed by atoms with Crippen molar-refractivity contribution < 1.29 is 19.0 Å². The third-order valence-corrected chi connectivity index (χ3v) is 5.70. The first-order chi connectivity index (χ1) is 13.3. The molecule has 138 valence electrons. The lowest BCUT2D eigenvalue weighted by atomic mass is 9.96. The topological polar surface area (TPSA) is 69.7 Å². The molecule has 7 heteroatoms. The van der Waals surface area contributed by atoms with Gasteiger partial charge >= 0.3 is 0 Å². The van der Waals surface area contributed by atoms with Crippen molar-refractivity contribution in [3.05, 3.63) is 47.5 Å². The third-order valence-electron chi connectivity index (χ3n) is 4.76. The van der Waals surface area contributed by atoms with E-state index in [9.17, 15) is 4.79 Å². The zero-order chi connectivity index (χ0) is 18.2. The lowest BCUT2D eigenvalue weighted by Gasteiger charge is -2.25. The van der Waals surface area contributed by atoms with Crippen molar-refractivity contribution in [3.63, 3.8) is 0 Å². The molecule has 27 heavy (non-hydrogen) atoms. The smallest absolute Gasteiger partial charge is 0.229 e. The number of carbonyl (C=O) groups is 1. The largest absolute Gasteiger partial charge is 0.486 e. The number of benzene rings is 2. The predicted octanol–water partition coefficient (Wildman–Crippen LogP) is 3.71. The number of aromatic nitrogens is 1. The molecule has 0 aliphatic carbocycles. The zero-order valence-corrected chi connectivity index (χ0v) is 15.4. The zero-order valence-electron chi connectivity index (χ0n) is 14.6. The molecule has 0 spiro atoms. The fourth-order valence-electron chi connectivity index (χ4n) is 3.50. The molecule has 0 saturated carbocycles. The Balaban J connectivity index is 1.33. The van der Waals surface area contributed by atoms with Gasteiger partial charge in [0.1, 0.15) is 13.2 Å². The van der Waals surface area contributed by atoms with Gasteiger partial charge in [-0.15, -0.1) is 0 Å². The fraction of sp³-hybridized carbons (Fsp3) is 0.300. The molecule has 1 aromatic heterocycles. The number of ether oxygens (including phenoxy) is 3. The minimum absolute atomic E-state index is 0.104. The molecule has 1 N–H and O–H groups in total. The Kier molecular flexibility index (Phi) is 4.18. The van der Waals surface area contributed by atoms with Gasteiger partial charge in [-0.25, -0.2) is 4.98 Å². The van der Waals surface area contributed by atoms with E-state index in [1.165, 1.54) is 16.9 Å². The normalized spacial score (nSPS) is 18.1. The van der Waals surface area contributed by atoms with Gasteiger partial charge in [0.15, 0.2) is 16.6 Å². The summed E-state index contributed by atoms with van der Waals surface area (Å²) in [5.41, 5.74) is 3.15. The van der Waals surface area contributed by atoms with E-state index in [2.05, 4.69) is 16.4 Å². The number of fused-ring (bicyclic) bond motifs is 3. The first-order valence-corrected chi connectivity index (χ1v) is 9.77. The summed E-state index contributed by atoms with van der Waals surface area (Å²) in [6, 6.07) is 11.9. The quantitative estimate of drug-likeness (QED) is 0.748. The molecule has 0 fully saturated rings. The Morgan fingerprint density at radius 2 is 1.96 bits per heavy atom. The second-order valence-corrected chi connectivity index (χ2v) is 7.57.